The number of ketones is 1. The summed E-state index contributed by atoms with van der Waals surface area (Å²) in [5.41, 5.74) is 5.44. The smallest absolute Gasteiger partial charge is 0.152 e. The largest absolute Gasteiger partial charge is 0.319 e. The van der Waals surface area contributed by atoms with Gasteiger partial charge in [0.1, 0.15) is 9.84 Å². The Morgan fingerprint density at radius 3 is 2.65 bits per heavy atom. The average Bonchev–Trinajstić information content (AvgIpc) is 2.15. The van der Waals surface area contributed by atoms with Crippen LogP contribution in [0.3, 0.4) is 0 Å². The SMILES string of the molecule is CC1CCCC(N)(C(=O)CCCS(C)(=O)=O)C1. The lowest BCUT2D eigenvalue weighted by atomic mass is 9.74. The number of hydrogen-bond acceptors (Lipinski definition) is 4. The van der Waals surface area contributed by atoms with E-state index in [1.165, 1.54) is 6.26 Å². The summed E-state index contributed by atoms with van der Waals surface area (Å²) in [7, 11) is -2.97. The summed E-state index contributed by atoms with van der Waals surface area (Å²) in [5.74, 6) is 0.602. The number of Topliss-reactive ketones (excluding diaryl/α,β-unsaturated/α-hetero) is 1. The highest BCUT2D eigenvalue weighted by Crippen LogP contribution is 2.31. The highest BCUT2D eigenvalue weighted by Gasteiger charge is 2.36. The highest BCUT2D eigenvalue weighted by atomic mass is 32.2. The van der Waals surface area contributed by atoms with E-state index in [2.05, 4.69) is 6.92 Å². The van der Waals surface area contributed by atoms with Crippen molar-refractivity contribution in [3.63, 3.8) is 0 Å². The van der Waals surface area contributed by atoms with Gasteiger partial charge in [0.05, 0.1) is 11.3 Å². The van der Waals surface area contributed by atoms with Crippen molar-refractivity contribution in [3.05, 3.63) is 0 Å². The molecular weight excluding hydrogens is 238 g/mol. The van der Waals surface area contributed by atoms with Crippen molar-refractivity contribution in [2.45, 2.75) is 51.0 Å². The summed E-state index contributed by atoms with van der Waals surface area (Å²) in [6.45, 7) is 2.12. The van der Waals surface area contributed by atoms with Gasteiger partial charge in [-0.3, -0.25) is 4.79 Å². The van der Waals surface area contributed by atoms with Crippen LogP contribution in [0.15, 0.2) is 0 Å². The minimum Gasteiger partial charge on any atom is -0.319 e. The fraction of sp³-hybridized carbons (Fsp3) is 0.917. The molecule has 0 radical (unpaired) electrons. The molecule has 4 nitrogen and oxygen atoms in total. The predicted octanol–water partition coefficient (Wildman–Crippen LogP) is 1.29. The van der Waals surface area contributed by atoms with Gasteiger partial charge in [-0.1, -0.05) is 19.8 Å². The van der Waals surface area contributed by atoms with Crippen LogP contribution in [-0.2, 0) is 14.6 Å². The maximum absolute atomic E-state index is 12.0. The van der Waals surface area contributed by atoms with Crippen molar-refractivity contribution < 1.29 is 13.2 Å². The molecule has 0 aliphatic heterocycles. The third-order valence-corrected chi connectivity index (χ3v) is 4.54. The van der Waals surface area contributed by atoms with Crippen molar-refractivity contribution in [3.8, 4) is 0 Å². The van der Waals surface area contributed by atoms with Crippen LogP contribution in [0.4, 0.5) is 0 Å². The molecule has 17 heavy (non-hydrogen) atoms. The summed E-state index contributed by atoms with van der Waals surface area (Å²) in [6.07, 6.45) is 5.49. The van der Waals surface area contributed by atoms with Gasteiger partial charge >= 0.3 is 0 Å². The maximum Gasteiger partial charge on any atom is 0.152 e. The quantitative estimate of drug-likeness (QED) is 0.809. The van der Waals surface area contributed by atoms with Crippen LogP contribution in [0, 0.1) is 5.92 Å². The lowest BCUT2D eigenvalue weighted by Crippen LogP contribution is -2.51. The molecule has 0 amide bonds. The van der Waals surface area contributed by atoms with Crippen LogP contribution in [0.25, 0.3) is 0 Å². The Hall–Kier alpha value is -0.420. The zero-order valence-corrected chi connectivity index (χ0v) is 11.6. The van der Waals surface area contributed by atoms with Crippen LogP contribution < -0.4 is 5.73 Å². The fourth-order valence-corrected chi connectivity index (χ4v) is 3.26. The second-order valence-electron chi connectivity index (χ2n) is 5.51. The van der Waals surface area contributed by atoms with E-state index >= 15 is 0 Å². The fourth-order valence-electron chi connectivity index (χ4n) is 2.59. The van der Waals surface area contributed by atoms with Crippen molar-refractivity contribution in [2.24, 2.45) is 11.7 Å². The zero-order chi connectivity index (χ0) is 13.1. The number of sulfone groups is 1. The van der Waals surface area contributed by atoms with Gasteiger partial charge in [-0.05, 0) is 25.2 Å². The Kier molecular flexibility index (Phi) is 4.72. The minimum absolute atomic E-state index is 0.0349. The molecule has 5 heteroatoms. The van der Waals surface area contributed by atoms with Crippen LogP contribution in [0.5, 0.6) is 0 Å². The molecule has 100 valence electrons. The van der Waals surface area contributed by atoms with E-state index in [4.69, 9.17) is 5.73 Å². The van der Waals surface area contributed by atoms with E-state index in [0.717, 1.165) is 25.7 Å². The Bertz CT molecular complexity index is 377. The normalized spacial score (nSPS) is 30.2. The first kappa shape index (κ1) is 14.6. The van der Waals surface area contributed by atoms with E-state index in [1.807, 2.05) is 0 Å². The molecule has 2 N–H and O–H groups in total. The summed E-state index contributed by atoms with van der Waals surface area (Å²) in [6, 6.07) is 0. The highest BCUT2D eigenvalue weighted by molar-refractivity contribution is 7.90. The molecule has 0 aromatic heterocycles. The molecule has 1 fully saturated rings. The first-order valence-corrected chi connectivity index (χ1v) is 8.29. The Balaban J connectivity index is 2.46. The lowest BCUT2D eigenvalue weighted by Gasteiger charge is -2.35. The summed E-state index contributed by atoms with van der Waals surface area (Å²) in [4.78, 5) is 12.0. The van der Waals surface area contributed by atoms with E-state index in [9.17, 15) is 13.2 Å². The Morgan fingerprint density at radius 2 is 2.12 bits per heavy atom. The number of hydrogen-bond donors (Lipinski definition) is 1. The van der Waals surface area contributed by atoms with Gasteiger partial charge in [-0.2, -0.15) is 0 Å². The number of rotatable bonds is 5. The molecule has 0 spiro atoms. The molecule has 2 unspecified atom stereocenters. The maximum atomic E-state index is 12.0. The van der Waals surface area contributed by atoms with Gasteiger partial charge in [0.2, 0.25) is 0 Å². The second kappa shape index (κ2) is 5.48. The van der Waals surface area contributed by atoms with E-state index in [0.29, 0.717) is 12.3 Å². The van der Waals surface area contributed by atoms with Crippen LogP contribution in [-0.4, -0.2) is 31.7 Å². The molecular formula is C12H23NO3S. The molecule has 1 aliphatic carbocycles. The molecule has 1 aliphatic rings. The van der Waals surface area contributed by atoms with Crippen LogP contribution >= 0.6 is 0 Å². The van der Waals surface area contributed by atoms with Crippen molar-refractivity contribution in [1.29, 1.82) is 0 Å². The average molecular weight is 261 g/mol. The third-order valence-electron chi connectivity index (χ3n) is 3.51. The van der Waals surface area contributed by atoms with Crippen molar-refractivity contribution in [1.82, 2.24) is 0 Å². The predicted molar refractivity (Wildman–Crippen MR) is 68.5 cm³/mol. The van der Waals surface area contributed by atoms with Crippen LogP contribution in [0.2, 0.25) is 0 Å². The van der Waals surface area contributed by atoms with E-state index in [-0.39, 0.29) is 18.0 Å². The molecule has 0 aromatic carbocycles. The van der Waals surface area contributed by atoms with Gasteiger partial charge in [-0.25, -0.2) is 8.42 Å². The molecule has 0 bridgehead atoms. The Morgan fingerprint density at radius 1 is 1.47 bits per heavy atom. The third kappa shape index (κ3) is 4.76. The summed E-state index contributed by atoms with van der Waals surface area (Å²) in [5, 5.41) is 0. The first-order valence-electron chi connectivity index (χ1n) is 6.23. The monoisotopic (exact) mass is 261 g/mol. The number of carbonyl (C=O) groups excluding carboxylic acids is 1. The van der Waals surface area contributed by atoms with E-state index < -0.39 is 15.4 Å². The Labute approximate surface area is 104 Å². The second-order valence-corrected chi connectivity index (χ2v) is 7.77. The molecule has 2 atom stereocenters. The van der Waals surface area contributed by atoms with Gasteiger partial charge < -0.3 is 5.73 Å². The first-order chi connectivity index (χ1) is 7.73. The van der Waals surface area contributed by atoms with Gasteiger partial charge in [-0.15, -0.1) is 0 Å². The number of carbonyl (C=O) groups is 1. The lowest BCUT2D eigenvalue weighted by molar-refractivity contribution is -0.125. The van der Waals surface area contributed by atoms with Gasteiger partial charge in [0.15, 0.2) is 5.78 Å². The number of nitrogens with two attached hydrogens (primary N) is 1. The minimum atomic E-state index is -2.97. The molecule has 0 saturated heterocycles. The summed E-state index contributed by atoms with van der Waals surface area (Å²) < 4.78 is 22.0. The van der Waals surface area contributed by atoms with Gasteiger partial charge in [0.25, 0.3) is 0 Å². The molecule has 1 saturated carbocycles. The molecule has 0 aromatic rings. The molecule has 1 rings (SSSR count). The standard InChI is InChI=1S/C12H23NO3S/c1-10-5-3-7-12(13,9-10)11(14)6-4-8-17(2,15)16/h10H,3-9,13H2,1-2H3. The summed E-state index contributed by atoms with van der Waals surface area (Å²) >= 11 is 0. The van der Waals surface area contributed by atoms with Crippen LogP contribution in [0.1, 0.15) is 45.4 Å². The van der Waals surface area contributed by atoms with Gasteiger partial charge in [0, 0.05) is 12.7 Å². The van der Waals surface area contributed by atoms with E-state index in [1.54, 1.807) is 0 Å². The van der Waals surface area contributed by atoms with Crippen molar-refractivity contribution >= 4 is 15.6 Å². The zero-order valence-electron chi connectivity index (χ0n) is 10.7. The topological polar surface area (TPSA) is 77.2 Å². The van der Waals surface area contributed by atoms with Crippen molar-refractivity contribution in [2.75, 3.05) is 12.0 Å². The molecule has 0 heterocycles.